The number of aromatic nitrogens is 4. The number of fused-ring (bicyclic) bond motifs is 2. The molecule has 1 aromatic carbocycles. The van der Waals surface area contributed by atoms with Gasteiger partial charge in [-0.05, 0) is 69.7 Å². The molecule has 4 atom stereocenters. The highest BCUT2D eigenvalue weighted by Crippen LogP contribution is 2.43. The van der Waals surface area contributed by atoms with Crippen molar-refractivity contribution < 1.29 is 18.9 Å². The quantitative estimate of drug-likeness (QED) is 0.410. The molecule has 6 rings (SSSR count). The van der Waals surface area contributed by atoms with Crippen molar-refractivity contribution in [1.29, 1.82) is 0 Å². The van der Waals surface area contributed by atoms with E-state index in [4.69, 9.17) is 18.9 Å². The number of benzene rings is 1. The number of hydrogen-bond donors (Lipinski definition) is 1. The van der Waals surface area contributed by atoms with E-state index in [2.05, 4.69) is 40.5 Å². The van der Waals surface area contributed by atoms with Crippen LogP contribution in [0, 0.1) is 0 Å². The van der Waals surface area contributed by atoms with Crippen LogP contribution in [-0.2, 0) is 9.47 Å². The Morgan fingerprint density at radius 1 is 1.05 bits per heavy atom. The van der Waals surface area contributed by atoms with Crippen molar-refractivity contribution in [3.8, 4) is 34.0 Å². The summed E-state index contributed by atoms with van der Waals surface area (Å²) in [7, 11) is 1.61. The van der Waals surface area contributed by atoms with Crippen LogP contribution in [0.4, 0.5) is 0 Å². The van der Waals surface area contributed by atoms with Gasteiger partial charge in [0.25, 0.3) is 0 Å². The van der Waals surface area contributed by atoms with Crippen LogP contribution in [0.3, 0.4) is 0 Å². The highest BCUT2D eigenvalue weighted by atomic mass is 16.7. The van der Waals surface area contributed by atoms with E-state index in [1.165, 1.54) is 12.8 Å². The number of methoxy groups -OCH3 is 1. The molecule has 202 valence electrons. The van der Waals surface area contributed by atoms with Gasteiger partial charge in [0.15, 0.2) is 6.79 Å². The zero-order valence-electron chi connectivity index (χ0n) is 22.5. The number of ether oxygens (including phenoxy) is 4. The predicted octanol–water partition coefficient (Wildman–Crippen LogP) is 5.13. The van der Waals surface area contributed by atoms with Crippen molar-refractivity contribution in [3.63, 3.8) is 0 Å². The first-order chi connectivity index (χ1) is 18.4. The summed E-state index contributed by atoms with van der Waals surface area (Å²) >= 11 is 0. The normalized spacial score (nSPS) is 28.8. The van der Waals surface area contributed by atoms with Gasteiger partial charge in [0.1, 0.15) is 18.1 Å². The second-order valence-electron chi connectivity index (χ2n) is 11.4. The summed E-state index contributed by atoms with van der Waals surface area (Å²) < 4.78 is 25.2. The van der Waals surface area contributed by atoms with Gasteiger partial charge in [-0.25, -0.2) is 4.68 Å². The number of rotatable bonds is 8. The van der Waals surface area contributed by atoms with Gasteiger partial charge in [-0.2, -0.15) is 5.10 Å². The third-order valence-corrected chi connectivity index (χ3v) is 8.09. The molecule has 0 saturated carbocycles. The highest BCUT2D eigenvalue weighted by Gasteiger charge is 2.49. The van der Waals surface area contributed by atoms with Crippen molar-refractivity contribution in [3.05, 3.63) is 42.7 Å². The average Bonchev–Trinajstić information content (AvgIpc) is 3.50. The molecule has 0 amide bonds. The lowest BCUT2D eigenvalue weighted by Crippen LogP contribution is -2.56. The van der Waals surface area contributed by atoms with E-state index in [1.54, 1.807) is 7.11 Å². The fraction of sp³-hybridized carbons (Fsp3) is 0.552. The third-order valence-electron chi connectivity index (χ3n) is 8.09. The molecule has 3 fully saturated rings. The molecule has 0 spiro atoms. The fourth-order valence-electron chi connectivity index (χ4n) is 6.30. The third kappa shape index (κ3) is 5.28. The van der Waals surface area contributed by atoms with E-state index in [9.17, 15) is 0 Å². The first-order valence-corrected chi connectivity index (χ1v) is 13.6. The monoisotopic (exact) mass is 519 g/mol. The van der Waals surface area contributed by atoms with Crippen LogP contribution in [-0.4, -0.2) is 57.7 Å². The maximum absolute atomic E-state index is 6.30. The smallest absolute Gasteiger partial charge is 0.233 e. The molecule has 1 N–H and O–H groups in total. The molecule has 38 heavy (non-hydrogen) atoms. The Morgan fingerprint density at radius 2 is 1.89 bits per heavy atom. The maximum atomic E-state index is 6.30. The summed E-state index contributed by atoms with van der Waals surface area (Å²) in [4.78, 5) is 0. The molecular formula is C29H37N5O4. The van der Waals surface area contributed by atoms with Crippen molar-refractivity contribution in [2.45, 2.75) is 82.2 Å². The molecule has 2 aromatic heterocycles. The van der Waals surface area contributed by atoms with E-state index in [0.29, 0.717) is 17.3 Å². The second-order valence-corrected chi connectivity index (χ2v) is 11.4. The molecule has 5 heterocycles. The Morgan fingerprint density at radius 3 is 2.61 bits per heavy atom. The van der Waals surface area contributed by atoms with Crippen molar-refractivity contribution in [2.24, 2.45) is 0 Å². The van der Waals surface area contributed by atoms with Crippen LogP contribution in [0.1, 0.15) is 65.0 Å². The minimum absolute atomic E-state index is 0.00254. The van der Waals surface area contributed by atoms with Crippen LogP contribution in [0.5, 0.6) is 11.6 Å². The SMILES string of the molecule is COCOc1cc(-c2cnn(C3CCCCO3)c2)ccc1-c1ccc(O[C@H]2C[C@]3(C)CC[C@](C)(C2)N3)nn1. The van der Waals surface area contributed by atoms with Gasteiger partial charge < -0.3 is 24.3 Å². The molecule has 3 saturated heterocycles. The van der Waals surface area contributed by atoms with E-state index in [0.717, 1.165) is 55.4 Å². The van der Waals surface area contributed by atoms with E-state index in [1.807, 2.05) is 41.3 Å². The second kappa shape index (κ2) is 10.3. The van der Waals surface area contributed by atoms with Crippen molar-refractivity contribution in [1.82, 2.24) is 25.3 Å². The van der Waals surface area contributed by atoms with Gasteiger partial charge in [0, 0.05) is 61.0 Å². The van der Waals surface area contributed by atoms with E-state index in [-0.39, 0.29) is 30.2 Å². The minimum Gasteiger partial charge on any atom is -0.473 e. The highest BCUT2D eigenvalue weighted by molar-refractivity contribution is 5.74. The zero-order chi connectivity index (χ0) is 26.2. The van der Waals surface area contributed by atoms with Crippen LogP contribution in [0.2, 0.25) is 0 Å². The molecule has 3 aromatic rings. The molecular weight excluding hydrogens is 482 g/mol. The molecule has 3 aliphatic heterocycles. The minimum atomic E-state index is 0.00254. The molecule has 0 radical (unpaired) electrons. The first kappa shape index (κ1) is 25.3. The summed E-state index contributed by atoms with van der Waals surface area (Å²) in [6, 6.07) is 9.89. The Hall–Kier alpha value is -3.01. The summed E-state index contributed by atoms with van der Waals surface area (Å²) in [5.41, 5.74) is 3.83. The van der Waals surface area contributed by atoms with Gasteiger partial charge in [0.2, 0.25) is 5.88 Å². The number of hydrogen-bond acceptors (Lipinski definition) is 8. The molecule has 3 aliphatic rings. The van der Waals surface area contributed by atoms with Gasteiger partial charge in [-0.3, -0.25) is 0 Å². The van der Waals surface area contributed by atoms with Gasteiger partial charge in [0.05, 0.1) is 11.9 Å². The Balaban J connectivity index is 1.20. The molecule has 9 heteroatoms. The summed E-state index contributed by atoms with van der Waals surface area (Å²) in [6.07, 6.45) is 11.6. The number of nitrogens with one attached hydrogen (secondary N) is 1. The van der Waals surface area contributed by atoms with Crippen molar-refractivity contribution in [2.75, 3.05) is 20.5 Å². The van der Waals surface area contributed by atoms with Crippen LogP contribution in [0.15, 0.2) is 42.7 Å². The summed E-state index contributed by atoms with van der Waals surface area (Å²) in [5, 5.41) is 17.3. The van der Waals surface area contributed by atoms with Gasteiger partial charge in [-0.1, -0.05) is 6.07 Å². The lowest BCUT2D eigenvalue weighted by atomic mass is 9.86. The topological polar surface area (TPSA) is 92.6 Å². The van der Waals surface area contributed by atoms with E-state index < -0.39 is 0 Å². The maximum Gasteiger partial charge on any atom is 0.233 e. The van der Waals surface area contributed by atoms with E-state index >= 15 is 0 Å². The molecule has 9 nitrogen and oxygen atoms in total. The Kier molecular flexibility index (Phi) is 6.84. The number of piperidine rings is 1. The van der Waals surface area contributed by atoms with Crippen LogP contribution < -0.4 is 14.8 Å². The molecule has 0 aliphatic carbocycles. The zero-order valence-corrected chi connectivity index (χ0v) is 22.5. The molecule has 2 bridgehead atoms. The number of nitrogens with zero attached hydrogens (tertiary/aromatic N) is 4. The predicted molar refractivity (Wildman–Crippen MR) is 143 cm³/mol. The van der Waals surface area contributed by atoms with Gasteiger partial charge in [-0.15, -0.1) is 10.2 Å². The Bertz CT molecular complexity index is 1240. The summed E-state index contributed by atoms with van der Waals surface area (Å²) in [6.45, 7) is 5.50. The lowest BCUT2D eigenvalue weighted by Gasteiger charge is -2.41. The standard InChI is InChI=1S/C29H37N5O4/c1-28-11-12-29(2,33-28)16-22(15-28)38-26-10-9-24(31-32-26)23-8-7-20(14-25(23)37-19-35-3)21-17-30-34(18-21)27-6-4-5-13-36-27/h7-10,14,17-18,22,27,33H,4-6,11-13,15-16,19H2,1-3H3/t22-,27?,28-,29+. The first-order valence-electron chi connectivity index (χ1n) is 13.6. The summed E-state index contributed by atoms with van der Waals surface area (Å²) in [5.74, 6) is 1.23. The van der Waals surface area contributed by atoms with Crippen molar-refractivity contribution >= 4 is 0 Å². The average molecular weight is 520 g/mol. The van der Waals surface area contributed by atoms with Crippen LogP contribution >= 0.6 is 0 Å². The largest absolute Gasteiger partial charge is 0.473 e. The van der Waals surface area contributed by atoms with Gasteiger partial charge >= 0.3 is 0 Å². The lowest BCUT2D eigenvalue weighted by molar-refractivity contribution is -0.0394. The fourth-order valence-corrected chi connectivity index (χ4v) is 6.30. The Labute approximate surface area is 223 Å². The van der Waals surface area contributed by atoms with Crippen LogP contribution in [0.25, 0.3) is 22.4 Å². The molecule has 1 unspecified atom stereocenters.